The lowest BCUT2D eigenvalue weighted by Crippen LogP contribution is -2.02. The molecule has 0 saturated carbocycles. The molecule has 5 nitrogen and oxygen atoms in total. The topological polar surface area (TPSA) is 83.3 Å². The van der Waals surface area contributed by atoms with E-state index >= 15 is 0 Å². The van der Waals surface area contributed by atoms with Crippen LogP contribution in [0.3, 0.4) is 0 Å². The molecule has 0 spiro atoms. The highest BCUT2D eigenvalue weighted by Crippen LogP contribution is 2.22. The highest BCUT2D eigenvalue weighted by Gasteiger charge is 2.11. The van der Waals surface area contributed by atoms with Crippen LogP contribution in [0.1, 0.15) is 24.8 Å². The van der Waals surface area contributed by atoms with Crippen molar-refractivity contribution < 1.29 is 14.3 Å². The van der Waals surface area contributed by atoms with Crippen molar-refractivity contribution in [1.82, 2.24) is 4.98 Å². The van der Waals surface area contributed by atoms with Crippen molar-refractivity contribution in [3.05, 3.63) is 34.3 Å². The Morgan fingerprint density at radius 3 is 3.00 bits per heavy atom. The van der Waals surface area contributed by atoms with Crippen LogP contribution in [0.2, 0.25) is 0 Å². The highest BCUT2D eigenvalue weighted by molar-refractivity contribution is 5.73. The van der Waals surface area contributed by atoms with Crippen LogP contribution in [0.4, 0.5) is 0 Å². The summed E-state index contributed by atoms with van der Waals surface area (Å²) in [6, 6.07) is 5.18. The van der Waals surface area contributed by atoms with Crippen LogP contribution < -0.4 is 5.76 Å². The van der Waals surface area contributed by atoms with Gasteiger partial charge in [-0.1, -0.05) is 13.0 Å². The van der Waals surface area contributed by atoms with Crippen molar-refractivity contribution in [2.75, 3.05) is 0 Å². The molecule has 0 bridgehead atoms. The number of benzene rings is 1. The molecule has 1 aromatic carbocycles. The van der Waals surface area contributed by atoms with E-state index in [0.29, 0.717) is 11.1 Å². The van der Waals surface area contributed by atoms with Crippen LogP contribution >= 0.6 is 0 Å². The van der Waals surface area contributed by atoms with Crippen LogP contribution in [-0.2, 0) is 4.79 Å². The molecule has 0 radical (unpaired) electrons. The van der Waals surface area contributed by atoms with Gasteiger partial charge in [-0.3, -0.25) is 9.78 Å². The highest BCUT2D eigenvalue weighted by atomic mass is 16.4. The van der Waals surface area contributed by atoms with Gasteiger partial charge in [0.2, 0.25) is 0 Å². The summed E-state index contributed by atoms with van der Waals surface area (Å²) in [5.74, 6) is -1.44. The first kappa shape index (κ1) is 10.5. The van der Waals surface area contributed by atoms with Gasteiger partial charge in [-0.15, -0.1) is 0 Å². The van der Waals surface area contributed by atoms with Gasteiger partial charge in [0.05, 0.1) is 11.9 Å². The van der Waals surface area contributed by atoms with Crippen molar-refractivity contribution in [1.29, 1.82) is 0 Å². The fraction of sp³-hybridized carbons (Fsp3) is 0.273. The van der Waals surface area contributed by atoms with Gasteiger partial charge in [-0.2, -0.15) is 0 Å². The van der Waals surface area contributed by atoms with Crippen LogP contribution in [0.25, 0.3) is 11.1 Å². The lowest BCUT2D eigenvalue weighted by Gasteiger charge is -2.08. The second-order valence-corrected chi connectivity index (χ2v) is 3.77. The van der Waals surface area contributed by atoms with E-state index in [1.165, 1.54) is 0 Å². The largest absolute Gasteiger partial charge is 0.481 e. The van der Waals surface area contributed by atoms with Gasteiger partial charge in [0.1, 0.15) is 0 Å². The van der Waals surface area contributed by atoms with E-state index in [1.54, 1.807) is 18.2 Å². The van der Waals surface area contributed by atoms with E-state index in [-0.39, 0.29) is 12.3 Å². The van der Waals surface area contributed by atoms with Crippen LogP contribution in [-0.4, -0.2) is 16.1 Å². The molecule has 2 aromatic rings. The number of aromatic nitrogens is 1. The predicted octanol–water partition coefficient (Wildman–Crippen LogP) is 1.70. The smallest absolute Gasteiger partial charge is 0.417 e. The quantitative estimate of drug-likeness (QED) is 0.826. The summed E-state index contributed by atoms with van der Waals surface area (Å²) in [4.78, 5) is 24.0. The molecule has 0 aliphatic carbocycles. The molecule has 0 aliphatic rings. The molecule has 16 heavy (non-hydrogen) atoms. The van der Waals surface area contributed by atoms with Crippen molar-refractivity contribution in [3.8, 4) is 0 Å². The molecule has 1 atom stereocenters. The number of aliphatic carboxylic acids is 1. The molecule has 1 aromatic heterocycles. The maximum atomic E-state index is 10.9. The maximum Gasteiger partial charge on any atom is 0.417 e. The number of aromatic amines is 1. The SMILES string of the molecule is CC(CC(=O)O)c1ccc2oc(=O)[nH]c2c1. The van der Waals surface area contributed by atoms with Gasteiger partial charge in [0, 0.05) is 0 Å². The number of hydrogen-bond acceptors (Lipinski definition) is 3. The molecule has 0 amide bonds. The van der Waals surface area contributed by atoms with Crippen LogP contribution in [0.5, 0.6) is 0 Å². The van der Waals surface area contributed by atoms with Gasteiger partial charge in [-0.25, -0.2) is 4.79 Å². The Morgan fingerprint density at radius 1 is 1.56 bits per heavy atom. The maximum absolute atomic E-state index is 10.9. The zero-order valence-electron chi connectivity index (χ0n) is 8.69. The molecule has 5 heteroatoms. The summed E-state index contributed by atoms with van der Waals surface area (Å²) in [6.07, 6.45) is 0.0631. The van der Waals surface area contributed by atoms with E-state index in [2.05, 4.69) is 4.98 Å². The fourth-order valence-corrected chi connectivity index (χ4v) is 1.66. The third-order valence-electron chi connectivity index (χ3n) is 2.49. The Kier molecular flexibility index (Phi) is 2.52. The molecule has 0 fully saturated rings. The summed E-state index contributed by atoms with van der Waals surface area (Å²) < 4.78 is 4.86. The number of fused-ring (bicyclic) bond motifs is 1. The minimum absolute atomic E-state index is 0.0631. The average Bonchev–Trinajstić information content (AvgIpc) is 2.55. The zero-order chi connectivity index (χ0) is 11.7. The minimum Gasteiger partial charge on any atom is -0.481 e. The standard InChI is InChI=1S/C11H11NO4/c1-6(4-10(13)14)7-2-3-9-8(5-7)12-11(15)16-9/h2-3,5-6H,4H2,1H3,(H,12,15)(H,13,14). The Morgan fingerprint density at radius 2 is 2.31 bits per heavy atom. The predicted molar refractivity (Wildman–Crippen MR) is 57.5 cm³/mol. The van der Waals surface area contributed by atoms with Gasteiger partial charge in [0.15, 0.2) is 5.58 Å². The second-order valence-electron chi connectivity index (χ2n) is 3.77. The molecule has 2 rings (SSSR count). The van der Waals surface area contributed by atoms with E-state index < -0.39 is 11.7 Å². The first-order valence-electron chi connectivity index (χ1n) is 4.91. The summed E-state index contributed by atoms with van der Waals surface area (Å²) in [5.41, 5.74) is 1.95. The zero-order valence-corrected chi connectivity index (χ0v) is 8.69. The number of hydrogen-bond donors (Lipinski definition) is 2. The van der Waals surface area contributed by atoms with E-state index in [4.69, 9.17) is 9.52 Å². The average molecular weight is 221 g/mol. The van der Waals surface area contributed by atoms with Gasteiger partial charge >= 0.3 is 11.7 Å². The molecule has 0 aliphatic heterocycles. The molecular weight excluding hydrogens is 210 g/mol. The molecule has 1 heterocycles. The number of rotatable bonds is 3. The van der Waals surface area contributed by atoms with Gasteiger partial charge in [0.25, 0.3) is 0 Å². The van der Waals surface area contributed by atoms with Crippen molar-refractivity contribution in [3.63, 3.8) is 0 Å². The fourth-order valence-electron chi connectivity index (χ4n) is 1.66. The normalized spacial score (nSPS) is 12.8. The molecule has 1 unspecified atom stereocenters. The number of nitrogens with one attached hydrogen (secondary N) is 1. The van der Waals surface area contributed by atoms with E-state index in [9.17, 15) is 9.59 Å². The third-order valence-corrected chi connectivity index (χ3v) is 2.49. The number of oxazole rings is 1. The summed E-state index contributed by atoms with van der Waals surface area (Å²) in [5, 5.41) is 8.69. The number of H-pyrrole nitrogens is 1. The molecule has 0 saturated heterocycles. The second kappa shape index (κ2) is 3.84. The lowest BCUT2D eigenvalue weighted by molar-refractivity contribution is -0.137. The van der Waals surface area contributed by atoms with Crippen molar-refractivity contribution in [2.24, 2.45) is 0 Å². The van der Waals surface area contributed by atoms with Gasteiger partial charge in [-0.05, 0) is 23.6 Å². The van der Waals surface area contributed by atoms with Crippen molar-refractivity contribution in [2.45, 2.75) is 19.3 Å². The van der Waals surface area contributed by atoms with Crippen LogP contribution in [0.15, 0.2) is 27.4 Å². The Hall–Kier alpha value is -2.04. The summed E-state index contributed by atoms with van der Waals surface area (Å²) in [7, 11) is 0. The van der Waals surface area contributed by atoms with E-state index in [1.807, 2.05) is 6.92 Å². The first-order valence-corrected chi connectivity index (χ1v) is 4.91. The van der Waals surface area contributed by atoms with Crippen LogP contribution in [0, 0.1) is 0 Å². The number of carbonyl (C=O) groups is 1. The van der Waals surface area contributed by atoms with Crippen molar-refractivity contribution >= 4 is 17.1 Å². The monoisotopic (exact) mass is 221 g/mol. The Labute approximate surface area is 90.7 Å². The lowest BCUT2D eigenvalue weighted by atomic mass is 9.98. The third kappa shape index (κ3) is 1.98. The first-order chi connectivity index (χ1) is 7.56. The summed E-state index contributed by atoms with van der Waals surface area (Å²) >= 11 is 0. The summed E-state index contributed by atoms with van der Waals surface area (Å²) in [6.45, 7) is 1.83. The van der Waals surface area contributed by atoms with E-state index in [0.717, 1.165) is 5.56 Å². The molecular formula is C11H11NO4. The van der Waals surface area contributed by atoms with Gasteiger partial charge < -0.3 is 9.52 Å². The Balaban J connectivity index is 2.38. The molecule has 84 valence electrons. The minimum atomic E-state index is -0.840. The Bertz CT molecular complexity index is 581. The number of carboxylic acid groups (broad SMARTS) is 1. The number of carboxylic acids is 1. The molecule has 2 N–H and O–H groups in total.